The molecule has 1 heterocycles. The van der Waals surface area contributed by atoms with Crippen molar-refractivity contribution in [3.05, 3.63) is 30.0 Å². The molecule has 0 N–H and O–H groups in total. The molecule has 0 aliphatic rings. The molecule has 80 valence electrons. The summed E-state index contributed by atoms with van der Waals surface area (Å²) in [6, 6.07) is 8.41. The number of nitrogens with zero attached hydrogens (tertiary/aromatic N) is 1. The minimum atomic E-state index is 0.963. The molecule has 0 aliphatic heterocycles. The van der Waals surface area contributed by atoms with E-state index in [1.165, 1.54) is 16.6 Å². The van der Waals surface area contributed by atoms with E-state index in [0.29, 0.717) is 0 Å². The van der Waals surface area contributed by atoms with Crippen molar-refractivity contribution in [2.24, 2.45) is 0 Å². The van der Waals surface area contributed by atoms with Crippen molar-refractivity contribution < 1.29 is 4.74 Å². The molecular formula is C13H17NO. The van der Waals surface area contributed by atoms with Crippen LogP contribution in [0, 0.1) is 6.92 Å². The summed E-state index contributed by atoms with van der Waals surface area (Å²) in [5.74, 6) is 0.963. The molecular weight excluding hydrogens is 186 g/mol. The van der Waals surface area contributed by atoms with Crippen LogP contribution < -0.4 is 4.74 Å². The van der Waals surface area contributed by atoms with Gasteiger partial charge in [-0.1, -0.05) is 13.0 Å². The van der Waals surface area contributed by atoms with Crippen molar-refractivity contribution in [1.29, 1.82) is 0 Å². The van der Waals surface area contributed by atoms with E-state index in [0.717, 1.165) is 18.7 Å². The summed E-state index contributed by atoms with van der Waals surface area (Å²) in [6.07, 6.45) is 1.15. The number of fused-ring (bicyclic) bond motifs is 1. The van der Waals surface area contributed by atoms with Crippen molar-refractivity contribution in [2.45, 2.75) is 26.8 Å². The monoisotopic (exact) mass is 203 g/mol. The van der Waals surface area contributed by atoms with Gasteiger partial charge in [0.25, 0.3) is 0 Å². The number of methoxy groups -OCH3 is 1. The second-order valence-electron chi connectivity index (χ2n) is 3.83. The van der Waals surface area contributed by atoms with Crippen LogP contribution in [0.3, 0.4) is 0 Å². The molecule has 2 heteroatoms. The van der Waals surface area contributed by atoms with E-state index >= 15 is 0 Å². The molecule has 2 rings (SSSR count). The van der Waals surface area contributed by atoms with Crippen LogP contribution in [0.25, 0.3) is 10.9 Å². The first kappa shape index (κ1) is 10.1. The predicted molar refractivity (Wildman–Crippen MR) is 63.5 cm³/mol. The van der Waals surface area contributed by atoms with Crippen LogP contribution in [0.4, 0.5) is 0 Å². The number of rotatable bonds is 3. The molecule has 1 aromatic carbocycles. The third-order valence-corrected chi connectivity index (χ3v) is 2.78. The Morgan fingerprint density at radius 1 is 1.33 bits per heavy atom. The van der Waals surface area contributed by atoms with Crippen LogP contribution >= 0.6 is 0 Å². The first-order chi connectivity index (χ1) is 7.27. The fourth-order valence-corrected chi connectivity index (χ4v) is 2.09. The van der Waals surface area contributed by atoms with E-state index in [4.69, 9.17) is 4.74 Å². The zero-order valence-electron chi connectivity index (χ0n) is 9.58. The van der Waals surface area contributed by atoms with Gasteiger partial charge in [0.05, 0.1) is 12.6 Å². The van der Waals surface area contributed by atoms with Gasteiger partial charge in [-0.3, -0.25) is 0 Å². The Morgan fingerprint density at radius 2 is 2.13 bits per heavy atom. The van der Waals surface area contributed by atoms with Crippen molar-refractivity contribution in [3.8, 4) is 5.75 Å². The van der Waals surface area contributed by atoms with Crippen LogP contribution in [-0.2, 0) is 6.54 Å². The Balaban J connectivity index is 2.67. The Bertz CT molecular complexity index is 471. The first-order valence-electron chi connectivity index (χ1n) is 5.40. The van der Waals surface area contributed by atoms with E-state index in [1.807, 2.05) is 12.1 Å². The maximum atomic E-state index is 5.36. The van der Waals surface area contributed by atoms with Gasteiger partial charge in [-0.15, -0.1) is 0 Å². The van der Waals surface area contributed by atoms with E-state index < -0.39 is 0 Å². The van der Waals surface area contributed by atoms with E-state index in [9.17, 15) is 0 Å². The maximum absolute atomic E-state index is 5.36. The highest BCUT2D eigenvalue weighted by Gasteiger charge is 2.08. The lowest BCUT2D eigenvalue weighted by Crippen LogP contribution is -1.98. The molecule has 0 bridgehead atoms. The van der Waals surface area contributed by atoms with Crippen molar-refractivity contribution >= 4 is 10.9 Å². The van der Waals surface area contributed by atoms with Crippen LogP contribution in [0.1, 0.15) is 19.0 Å². The Morgan fingerprint density at radius 3 is 2.80 bits per heavy atom. The van der Waals surface area contributed by atoms with Crippen LogP contribution in [0.2, 0.25) is 0 Å². The van der Waals surface area contributed by atoms with Gasteiger partial charge in [0, 0.05) is 17.6 Å². The van der Waals surface area contributed by atoms with Crippen molar-refractivity contribution in [3.63, 3.8) is 0 Å². The minimum Gasteiger partial charge on any atom is -0.496 e. The second kappa shape index (κ2) is 3.97. The average molecular weight is 203 g/mol. The molecule has 0 fully saturated rings. The molecule has 2 aromatic rings. The quantitative estimate of drug-likeness (QED) is 0.746. The molecule has 0 saturated heterocycles. The number of aryl methyl sites for hydroxylation is 2. The smallest absolute Gasteiger partial charge is 0.128 e. The normalized spacial score (nSPS) is 10.9. The minimum absolute atomic E-state index is 0.963. The summed E-state index contributed by atoms with van der Waals surface area (Å²) in [6.45, 7) is 5.42. The molecule has 15 heavy (non-hydrogen) atoms. The van der Waals surface area contributed by atoms with Crippen LogP contribution in [0.5, 0.6) is 5.75 Å². The lowest BCUT2D eigenvalue weighted by Gasteiger charge is -2.06. The van der Waals surface area contributed by atoms with Gasteiger partial charge in [-0.25, -0.2) is 0 Å². The number of hydrogen-bond acceptors (Lipinski definition) is 1. The number of hydrogen-bond donors (Lipinski definition) is 0. The van der Waals surface area contributed by atoms with E-state index in [1.54, 1.807) is 7.11 Å². The van der Waals surface area contributed by atoms with Gasteiger partial charge >= 0.3 is 0 Å². The fourth-order valence-electron chi connectivity index (χ4n) is 2.09. The average Bonchev–Trinajstić information content (AvgIpc) is 2.56. The molecule has 0 saturated carbocycles. The molecule has 0 radical (unpaired) electrons. The Labute approximate surface area is 90.5 Å². The molecule has 0 atom stereocenters. The Hall–Kier alpha value is -1.44. The molecule has 0 unspecified atom stereocenters. The summed E-state index contributed by atoms with van der Waals surface area (Å²) >= 11 is 0. The van der Waals surface area contributed by atoms with E-state index in [-0.39, 0.29) is 0 Å². The zero-order chi connectivity index (χ0) is 10.8. The summed E-state index contributed by atoms with van der Waals surface area (Å²) in [7, 11) is 1.72. The maximum Gasteiger partial charge on any atom is 0.128 e. The molecule has 0 amide bonds. The zero-order valence-corrected chi connectivity index (χ0v) is 9.58. The SMILES string of the molecule is CCCn1c(C)cc2c(OC)cccc21. The predicted octanol–water partition coefficient (Wildman–Crippen LogP) is 3.37. The third kappa shape index (κ3) is 1.60. The van der Waals surface area contributed by atoms with Gasteiger partial charge in [0.2, 0.25) is 0 Å². The highest BCUT2D eigenvalue weighted by atomic mass is 16.5. The van der Waals surface area contributed by atoms with Gasteiger partial charge in [0.1, 0.15) is 5.75 Å². The lowest BCUT2D eigenvalue weighted by atomic mass is 10.2. The van der Waals surface area contributed by atoms with Crippen LogP contribution in [0.15, 0.2) is 24.3 Å². The van der Waals surface area contributed by atoms with Gasteiger partial charge in [0.15, 0.2) is 0 Å². The number of aromatic nitrogens is 1. The summed E-state index contributed by atoms with van der Waals surface area (Å²) in [5, 5.41) is 1.21. The fraction of sp³-hybridized carbons (Fsp3) is 0.385. The first-order valence-corrected chi connectivity index (χ1v) is 5.40. The number of benzene rings is 1. The van der Waals surface area contributed by atoms with Gasteiger partial charge in [-0.2, -0.15) is 0 Å². The molecule has 1 aromatic heterocycles. The number of ether oxygens (including phenoxy) is 1. The molecule has 0 aliphatic carbocycles. The van der Waals surface area contributed by atoms with E-state index in [2.05, 4.69) is 30.5 Å². The summed E-state index contributed by atoms with van der Waals surface area (Å²) < 4.78 is 7.71. The topological polar surface area (TPSA) is 14.2 Å². The standard InChI is InChI=1S/C13H17NO/c1-4-8-14-10(2)9-11-12(14)6-5-7-13(11)15-3/h5-7,9H,4,8H2,1-3H3. The van der Waals surface area contributed by atoms with Crippen molar-refractivity contribution in [2.75, 3.05) is 7.11 Å². The lowest BCUT2D eigenvalue weighted by molar-refractivity contribution is 0.420. The highest BCUT2D eigenvalue weighted by molar-refractivity contribution is 5.87. The largest absolute Gasteiger partial charge is 0.496 e. The van der Waals surface area contributed by atoms with Gasteiger partial charge < -0.3 is 9.30 Å². The summed E-state index contributed by atoms with van der Waals surface area (Å²) in [4.78, 5) is 0. The third-order valence-electron chi connectivity index (χ3n) is 2.78. The van der Waals surface area contributed by atoms with Crippen LogP contribution in [-0.4, -0.2) is 11.7 Å². The van der Waals surface area contributed by atoms with Crippen molar-refractivity contribution in [1.82, 2.24) is 4.57 Å². The van der Waals surface area contributed by atoms with Gasteiger partial charge in [-0.05, 0) is 31.5 Å². The second-order valence-corrected chi connectivity index (χ2v) is 3.83. The Kier molecular flexibility index (Phi) is 2.67. The molecule has 0 spiro atoms. The summed E-state index contributed by atoms with van der Waals surface area (Å²) in [5.41, 5.74) is 2.57. The highest BCUT2D eigenvalue weighted by Crippen LogP contribution is 2.28. The molecule has 2 nitrogen and oxygen atoms in total.